The summed E-state index contributed by atoms with van der Waals surface area (Å²) in [6.07, 6.45) is 5.86. The minimum Gasteiger partial charge on any atom is -0.0991 e. The molecule has 0 spiro atoms. The third-order valence-electron chi connectivity index (χ3n) is 2.55. The first kappa shape index (κ1) is 25.2. The lowest BCUT2D eigenvalue weighted by atomic mass is 10.0. The van der Waals surface area contributed by atoms with E-state index in [2.05, 4.69) is 56.0 Å². The molecule has 0 saturated carbocycles. The predicted molar refractivity (Wildman–Crippen MR) is 109 cm³/mol. The van der Waals surface area contributed by atoms with Crippen molar-refractivity contribution < 1.29 is 0 Å². The van der Waals surface area contributed by atoms with Crippen LogP contribution in [0.1, 0.15) is 60.1 Å². The Kier molecular flexibility index (Phi) is 19.7. The van der Waals surface area contributed by atoms with Crippen molar-refractivity contribution in [2.45, 2.75) is 55.9 Å². The molecule has 0 heterocycles. The van der Waals surface area contributed by atoms with Crippen LogP contribution in [0.25, 0.3) is 16.8 Å². The van der Waals surface area contributed by atoms with Crippen LogP contribution in [0, 0.1) is 6.92 Å². The number of fused-ring (bicyclic) bond motifs is 1. The highest BCUT2D eigenvalue weighted by molar-refractivity contribution is 5.86. The van der Waals surface area contributed by atoms with Crippen LogP contribution >= 0.6 is 0 Å². The Hall–Kier alpha value is -1.82. The highest BCUT2D eigenvalue weighted by Gasteiger charge is 1.97. The number of hydrogen-bond donors (Lipinski definition) is 0. The van der Waals surface area contributed by atoms with Gasteiger partial charge >= 0.3 is 0 Å². The van der Waals surface area contributed by atoms with E-state index in [1.807, 2.05) is 47.6 Å². The van der Waals surface area contributed by atoms with Gasteiger partial charge in [-0.05, 0) is 34.9 Å². The molecule has 0 atom stereocenters. The normalized spacial score (nSPS) is 8.32. The maximum absolute atomic E-state index is 3.68. The first-order valence-electron chi connectivity index (χ1n) is 8.10. The molecule has 0 aliphatic heterocycles. The summed E-state index contributed by atoms with van der Waals surface area (Å²) >= 11 is 0. The van der Waals surface area contributed by atoms with Crippen molar-refractivity contribution in [3.8, 4) is 0 Å². The summed E-state index contributed by atoms with van der Waals surface area (Å²) in [5.41, 5.74) is 2.56. The molecule has 0 saturated heterocycles. The number of benzene rings is 2. The smallest absolute Gasteiger partial charge is 0.0178 e. The first-order valence-corrected chi connectivity index (χ1v) is 8.10. The zero-order chi connectivity index (χ0) is 16.7. The van der Waals surface area contributed by atoms with Gasteiger partial charge in [-0.2, -0.15) is 0 Å². The SMILES string of the molecule is C.C=C/C=C\c1cc2ccccc2cc1C.CC.CC.CC. The van der Waals surface area contributed by atoms with E-state index in [0.29, 0.717) is 0 Å². The molecular weight excluding hydrogens is 264 g/mol. The van der Waals surface area contributed by atoms with E-state index in [-0.39, 0.29) is 7.43 Å². The summed E-state index contributed by atoms with van der Waals surface area (Å²) in [6.45, 7) is 17.8. The highest BCUT2D eigenvalue weighted by atomic mass is 14.0. The van der Waals surface area contributed by atoms with E-state index in [4.69, 9.17) is 0 Å². The van der Waals surface area contributed by atoms with Crippen molar-refractivity contribution in [1.82, 2.24) is 0 Å². The monoisotopic (exact) mass is 300 g/mol. The Balaban J connectivity index is -0.000000463. The molecule has 0 fully saturated rings. The number of aryl methyl sites for hydroxylation is 1. The Morgan fingerprint density at radius 3 is 1.73 bits per heavy atom. The van der Waals surface area contributed by atoms with Crippen LogP contribution in [-0.2, 0) is 0 Å². The molecule has 0 bridgehead atoms. The van der Waals surface area contributed by atoms with Crippen molar-refractivity contribution in [3.05, 3.63) is 66.3 Å². The van der Waals surface area contributed by atoms with Gasteiger partial charge in [-0.25, -0.2) is 0 Å². The average Bonchev–Trinajstić information content (AvgIpc) is 2.58. The molecule has 2 rings (SSSR count). The lowest BCUT2D eigenvalue weighted by Crippen LogP contribution is -1.81. The van der Waals surface area contributed by atoms with Gasteiger partial charge in [0.15, 0.2) is 0 Å². The molecule has 2 aromatic rings. The summed E-state index contributed by atoms with van der Waals surface area (Å²) in [5, 5.41) is 2.58. The largest absolute Gasteiger partial charge is 0.0991 e. The third kappa shape index (κ3) is 8.46. The second-order valence-electron chi connectivity index (χ2n) is 3.65. The van der Waals surface area contributed by atoms with Crippen molar-refractivity contribution in [1.29, 1.82) is 0 Å². The second-order valence-corrected chi connectivity index (χ2v) is 3.65. The quantitative estimate of drug-likeness (QED) is 0.492. The highest BCUT2D eigenvalue weighted by Crippen LogP contribution is 2.20. The van der Waals surface area contributed by atoms with E-state index in [0.717, 1.165) is 0 Å². The van der Waals surface area contributed by atoms with E-state index in [1.54, 1.807) is 6.08 Å². The maximum atomic E-state index is 3.68. The molecule has 124 valence electrons. The fraction of sp³-hybridized carbons (Fsp3) is 0.364. The summed E-state index contributed by atoms with van der Waals surface area (Å²) in [6, 6.07) is 12.9. The van der Waals surface area contributed by atoms with Gasteiger partial charge in [0.25, 0.3) is 0 Å². The Morgan fingerprint density at radius 2 is 1.27 bits per heavy atom. The van der Waals surface area contributed by atoms with Crippen LogP contribution in [0.4, 0.5) is 0 Å². The van der Waals surface area contributed by atoms with Gasteiger partial charge in [-0.15, -0.1) is 0 Å². The van der Waals surface area contributed by atoms with Gasteiger partial charge in [-0.1, -0.05) is 104 Å². The van der Waals surface area contributed by atoms with Crippen LogP contribution in [-0.4, -0.2) is 0 Å². The first-order chi connectivity index (χ1) is 10.3. The van der Waals surface area contributed by atoms with Gasteiger partial charge in [-0.3, -0.25) is 0 Å². The Bertz CT molecular complexity index is 519. The van der Waals surface area contributed by atoms with Gasteiger partial charge < -0.3 is 0 Å². The minimum atomic E-state index is 0. The molecule has 2 aromatic carbocycles. The predicted octanol–water partition coefficient (Wildman–Crippen LogP) is 8.06. The standard InChI is InChI=1S/C15H14.3C2H6.CH4/c1-3-4-7-13-11-15-9-6-5-8-14(15)10-12(13)2;3*1-2;/h3-11H,1H2,2H3;3*1-2H3;1H4/b7-4-;;;;. The van der Waals surface area contributed by atoms with Crippen LogP contribution < -0.4 is 0 Å². The fourth-order valence-corrected chi connectivity index (χ4v) is 1.72. The van der Waals surface area contributed by atoms with E-state index in [9.17, 15) is 0 Å². The van der Waals surface area contributed by atoms with Crippen molar-refractivity contribution in [3.63, 3.8) is 0 Å². The molecule has 0 aliphatic rings. The minimum absolute atomic E-state index is 0. The van der Waals surface area contributed by atoms with Crippen LogP contribution in [0.15, 0.2) is 55.1 Å². The van der Waals surface area contributed by atoms with Crippen LogP contribution in [0.2, 0.25) is 0 Å². The third-order valence-corrected chi connectivity index (χ3v) is 2.55. The van der Waals surface area contributed by atoms with Crippen molar-refractivity contribution >= 4 is 16.8 Å². The molecule has 0 aromatic heterocycles. The lowest BCUT2D eigenvalue weighted by molar-refractivity contribution is 1.47. The van der Waals surface area contributed by atoms with Crippen molar-refractivity contribution in [2.75, 3.05) is 0 Å². The Morgan fingerprint density at radius 1 is 0.818 bits per heavy atom. The van der Waals surface area contributed by atoms with E-state index >= 15 is 0 Å². The molecule has 0 heteroatoms. The fourth-order valence-electron chi connectivity index (χ4n) is 1.72. The summed E-state index contributed by atoms with van der Waals surface area (Å²) in [7, 11) is 0. The molecule has 0 nitrogen and oxygen atoms in total. The maximum Gasteiger partial charge on any atom is -0.0178 e. The zero-order valence-electron chi connectivity index (χ0n) is 14.9. The topological polar surface area (TPSA) is 0 Å². The molecule has 0 radical (unpaired) electrons. The molecule has 0 aliphatic carbocycles. The molecular formula is C22H36. The second kappa shape index (κ2) is 17.2. The van der Waals surface area contributed by atoms with Crippen LogP contribution in [0.5, 0.6) is 0 Å². The average molecular weight is 301 g/mol. The lowest BCUT2D eigenvalue weighted by Gasteiger charge is -2.03. The molecule has 0 unspecified atom stereocenters. The molecule has 0 N–H and O–H groups in total. The number of rotatable bonds is 2. The van der Waals surface area contributed by atoms with Crippen molar-refractivity contribution in [2.24, 2.45) is 0 Å². The van der Waals surface area contributed by atoms with E-state index in [1.165, 1.54) is 21.9 Å². The molecule has 0 amide bonds. The summed E-state index contributed by atoms with van der Waals surface area (Å²) in [4.78, 5) is 0. The number of allylic oxidation sites excluding steroid dienone is 2. The molecule has 22 heavy (non-hydrogen) atoms. The van der Waals surface area contributed by atoms with Gasteiger partial charge in [0, 0.05) is 0 Å². The van der Waals surface area contributed by atoms with Crippen LogP contribution in [0.3, 0.4) is 0 Å². The van der Waals surface area contributed by atoms with Gasteiger partial charge in [0.2, 0.25) is 0 Å². The number of hydrogen-bond acceptors (Lipinski definition) is 0. The zero-order valence-corrected chi connectivity index (χ0v) is 14.9. The summed E-state index contributed by atoms with van der Waals surface area (Å²) < 4.78 is 0. The Labute approximate surface area is 139 Å². The van der Waals surface area contributed by atoms with Gasteiger partial charge in [0.1, 0.15) is 0 Å². The van der Waals surface area contributed by atoms with Gasteiger partial charge in [0.05, 0.1) is 0 Å². The summed E-state index contributed by atoms with van der Waals surface area (Å²) in [5.74, 6) is 0. The van der Waals surface area contributed by atoms with E-state index < -0.39 is 0 Å².